The number of aliphatic hydroxyl groups is 1. The molecule has 0 aliphatic carbocycles. The molecule has 92 valence electrons. The Morgan fingerprint density at radius 3 is 2.27 bits per heavy atom. The molecule has 0 aliphatic heterocycles. The predicted molar refractivity (Wildman–Crippen MR) is 64.1 cm³/mol. The highest BCUT2D eigenvalue weighted by atomic mass is 28.3. The van der Waals surface area contributed by atoms with Gasteiger partial charge in [-0.3, -0.25) is 0 Å². The van der Waals surface area contributed by atoms with E-state index >= 15 is 0 Å². The van der Waals surface area contributed by atoms with Gasteiger partial charge in [0, 0.05) is 31.9 Å². The fourth-order valence-corrected chi connectivity index (χ4v) is 3.28. The molecule has 4 nitrogen and oxygen atoms in total. The quantitative estimate of drug-likeness (QED) is 0.434. The monoisotopic (exact) mass is 235 g/mol. The molecule has 15 heavy (non-hydrogen) atoms. The molecule has 5 heteroatoms. The average Bonchev–Trinajstić information content (AvgIpc) is 2.19. The molecule has 0 rings (SSSR count). The van der Waals surface area contributed by atoms with Crippen molar-refractivity contribution in [2.45, 2.75) is 45.2 Å². The Bertz CT molecular complexity index is 132. The first-order valence-electron chi connectivity index (χ1n) is 5.84. The Labute approximate surface area is 94.6 Å². The van der Waals surface area contributed by atoms with Crippen LogP contribution in [0.2, 0.25) is 6.04 Å². The molecule has 0 aromatic rings. The average molecular weight is 235 g/mol. The van der Waals surface area contributed by atoms with Crippen LogP contribution in [0.25, 0.3) is 0 Å². The molecule has 0 saturated carbocycles. The zero-order chi connectivity index (χ0) is 11.5. The molecule has 0 fully saturated rings. The van der Waals surface area contributed by atoms with E-state index in [1.807, 2.05) is 13.8 Å². The van der Waals surface area contributed by atoms with Crippen LogP contribution in [0.1, 0.15) is 33.1 Å². The van der Waals surface area contributed by atoms with Crippen LogP contribution >= 0.6 is 0 Å². The zero-order valence-electron chi connectivity index (χ0n) is 9.95. The van der Waals surface area contributed by atoms with Crippen LogP contribution in [0.4, 0.5) is 0 Å². The van der Waals surface area contributed by atoms with E-state index in [1.54, 1.807) is 0 Å². The van der Waals surface area contributed by atoms with Crippen molar-refractivity contribution in [1.29, 1.82) is 0 Å². The first-order chi connectivity index (χ1) is 7.24. The van der Waals surface area contributed by atoms with Gasteiger partial charge in [-0.2, -0.15) is 0 Å². The highest BCUT2D eigenvalue weighted by molar-refractivity contribution is 6.44. The summed E-state index contributed by atoms with van der Waals surface area (Å²) in [4.78, 5) is 0. The van der Waals surface area contributed by atoms with E-state index in [9.17, 15) is 0 Å². The van der Waals surface area contributed by atoms with Crippen LogP contribution in [0.15, 0.2) is 0 Å². The summed E-state index contributed by atoms with van der Waals surface area (Å²) in [5, 5.41) is 8.65. The van der Waals surface area contributed by atoms with E-state index in [4.69, 9.17) is 19.7 Å². The van der Waals surface area contributed by atoms with Crippen molar-refractivity contribution in [3.63, 3.8) is 0 Å². The molecule has 0 saturated heterocycles. The van der Waals surface area contributed by atoms with Gasteiger partial charge in [-0.25, -0.2) is 0 Å². The Morgan fingerprint density at radius 2 is 1.80 bits per heavy atom. The summed E-state index contributed by atoms with van der Waals surface area (Å²) in [6.07, 6.45) is 2.77. The van der Waals surface area contributed by atoms with Gasteiger partial charge in [-0.15, -0.1) is 0 Å². The summed E-state index contributed by atoms with van der Waals surface area (Å²) in [5.41, 5.74) is 5.97. The van der Waals surface area contributed by atoms with Gasteiger partial charge in [0.1, 0.15) is 0 Å². The Morgan fingerprint density at radius 1 is 1.20 bits per heavy atom. The predicted octanol–water partition coefficient (Wildman–Crippen LogP) is 0.770. The summed E-state index contributed by atoms with van der Waals surface area (Å²) in [6.45, 7) is 5.64. The fourth-order valence-electron chi connectivity index (χ4n) is 1.44. The summed E-state index contributed by atoms with van der Waals surface area (Å²) in [6, 6.07) is 1.03. The summed E-state index contributed by atoms with van der Waals surface area (Å²) in [7, 11) is -1.53. The van der Waals surface area contributed by atoms with E-state index in [1.165, 1.54) is 0 Å². The molecule has 0 amide bonds. The number of hydrogen-bond acceptors (Lipinski definition) is 4. The molecule has 3 N–H and O–H groups in total. The first-order valence-corrected chi connectivity index (χ1v) is 7.60. The standard InChI is InChI=1S/C10H25NO3Si/c1-3-13-15(14-4-2)9-10(11)7-5-6-8-12/h10,12,15H,3-9,11H2,1-2H3. The molecule has 0 aromatic carbocycles. The number of rotatable bonds is 10. The van der Waals surface area contributed by atoms with Crippen molar-refractivity contribution in [2.75, 3.05) is 19.8 Å². The lowest BCUT2D eigenvalue weighted by molar-refractivity contribution is 0.210. The maximum absolute atomic E-state index is 8.65. The van der Waals surface area contributed by atoms with E-state index < -0.39 is 9.28 Å². The Kier molecular flexibility index (Phi) is 10.6. The SMILES string of the molecule is CCO[SiH](CC(N)CCCCO)OCC. The molecular weight excluding hydrogens is 210 g/mol. The summed E-state index contributed by atoms with van der Waals surface area (Å²) >= 11 is 0. The normalized spacial score (nSPS) is 13.4. The van der Waals surface area contributed by atoms with Gasteiger partial charge in [0.15, 0.2) is 0 Å². The molecule has 0 spiro atoms. The lowest BCUT2D eigenvalue weighted by Gasteiger charge is -2.18. The molecule has 0 radical (unpaired) electrons. The fraction of sp³-hybridized carbons (Fsp3) is 1.00. The minimum absolute atomic E-state index is 0.159. The maximum atomic E-state index is 8.65. The lowest BCUT2D eigenvalue weighted by atomic mass is 10.1. The van der Waals surface area contributed by atoms with Crippen molar-refractivity contribution in [1.82, 2.24) is 0 Å². The summed E-state index contributed by atoms with van der Waals surface area (Å²) < 4.78 is 11.1. The highest BCUT2D eigenvalue weighted by Gasteiger charge is 2.16. The van der Waals surface area contributed by atoms with Crippen molar-refractivity contribution in [3.05, 3.63) is 0 Å². The van der Waals surface area contributed by atoms with E-state index in [0.717, 1.165) is 25.3 Å². The number of unbranched alkanes of at least 4 members (excludes halogenated alkanes) is 1. The van der Waals surface area contributed by atoms with Gasteiger partial charge < -0.3 is 19.7 Å². The van der Waals surface area contributed by atoms with Gasteiger partial charge in [-0.05, 0) is 33.1 Å². The highest BCUT2D eigenvalue weighted by Crippen LogP contribution is 2.07. The second-order valence-electron chi connectivity index (χ2n) is 3.56. The van der Waals surface area contributed by atoms with Crippen LogP contribution in [-0.2, 0) is 8.85 Å². The van der Waals surface area contributed by atoms with Gasteiger partial charge in [0.25, 0.3) is 0 Å². The smallest absolute Gasteiger partial charge is 0.322 e. The maximum Gasteiger partial charge on any atom is 0.322 e. The van der Waals surface area contributed by atoms with Crippen LogP contribution in [0.5, 0.6) is 0 Å². The second-order valence-corrected chi connectivity index (χ2v) is 5.55. The molecule has 0 bridgehead atoms. The molecule has 0 aliphatic rings. The minimum Gasteiger partial charge on any atom is -0.397 e. The molecule has 1 unspecified atom stereocenters. The lowest BCUT2D eigenvalue weighted by Crippen LogP contribution is -2.32. The third kappa shape index (κ3) is 9.01. The van der Waals surface area contributed by atoms with Crippen LogP contribution in [-0.4, -0.2) is 40.3 Å². The zero-order valence-corrected chi connectivity index (χ0v) is 11.1. The van der Waals surface area contributed by atoms with Gasteiger partial charge in [0.05, 0.1) is 0 Å². The van der Waals surface area contributed by atoms with Crippen molar-refractivity contribution >= 4 is 9.28 Å². The first kappa shape index (κ1) is 15.1. The van der Waals surface area contributed by atoms with Gasteiger partial charge in [-0.1, -0.05) is 0 Å². The van der Waals surface area contributed by atoms with Crippen LogP contribution in [0.3, 0.4) is 0 Å². The third-order valence-corrected chi connectivity index (χ3v) is 4.58. The van der Waals surface area contributed by atoms with Gasteiger partial charge in [0.2, 0.25) is 0 Å². The van der Waals surface area contributed by atoms with E-state index in [0.29, 0.717) is 13.2 Å². The second kappa shape index (κ2) is 10.6. The van der Waals surface area contributed by atoms with Gasteiger partial charge >= 0.3 is 9.28 Å². The Balaban J connectivity index is 3.62. The third-order valence-electron chi connectivity index (χ3n) is 2.18. The minimum atomic E-state index is -1.53. The number of hydrogen-bond donors (Lipinski definition) is 2. The van der Waals surface area contributed by atoms with Crippen molar-refractivity contribution in [3.8, 4) is 0 Å². The topological polar surface area (TPSA) is 64.7 Å². The van der Waals surface area contributed by atoms with E-state index in [2.05, 4.69) is 0 Å². The van der Waals surface area contributed by atoms with E-state index in [-0.39, 0.29) is 12.6 Å². The van der Waals surface area contributed by atoms with Crippen LogP contribution < -0.4 is 5.73 Å². The Hall–Kier alpha value is 0.0569. The largest absolute Gasteiger partial charge is 0.397 e. The van der Waals surface area contributed by atoms with Crippen LogP contribution in [0, 0.1) is 0 Å². The number of aliphatic hydroxyl groups excluding tert-OH is 1. The number of nitrogens with two attached hydrogens (primary N) is 1. The molecule has 0 heterocycles. The van der Waals surface area contributed by atoms with Crippen molar-refractivity contribution < 1.29 is 14.0 Å². The summed E-state index contributed by atoms with van der Waals surface area (Å²) in [5.74, 6) is 0. The molecule has 1 atom stereocenters. The molecule has 0 aromatic heterocycles. The molecular formula is C10H25NO3Si. The van der Waals surface area contributed by atoms with Crippen molar-refractivity contribution in [2.24, 2.45) is 5.73 Å².